The van der Waals surface area contributed by atoms with Gasteiger partial charge in [0.15, 0.2) is 0 Å². The summed E-state index contributed by atoms with van der Waals surface area (Å²) in [5.41, 5.74) is 2.10. The fourth-order valence-corrected chi connectivity index (χ4v) is 5.36. The van der Waals surface area contributed by atoms with Gasteiger partial charge in [-0.1, -0.05) is 149 Å². The van der Waals surface area contributed by atoms with Crippen molar-refractivity contribution in [3.05, 3.63) is 120 Å². The van der Waals surface area contributed by atoms with Crippen LogP contribution in [0.3, 0.4) is 0 Å². The molecule has 3 nitrogen and oxygen atoms in total. The number of ether oxygens (including phenoxy) is 2. The molecule has 0 aromatic heterocycles. The van der Waals surface area contributed by atoms with Crippen LogP contribution < -0.4 is 0 Å². The standard InChI is InChI=1S/C34H42O3/c1-3-5-6-7-8-9-19-26-31-33(36-31)32(35)30(4-2)37-34(27-20-13-10-14-21-27,28-22-15-11-16-23-28)29-24-17-12-18-25-29/h4,10-18,20-25,30-33,35H,2-3,5-9,19,26H2,1H3/t30-,31+,32+,33-/m0/s1. The SMILES string of the molecule is C=C[C@H](OC(c1ccccc1)(c1ccccc1)c1ccccc1)[C@@H](O)[C@H]1O[C@@H]1CCCCCCCCC. The Morgan fingerprint density at radius 3 is 1.70 bits per heavy atom. The topological polar surface area (TPSA) is 42.0 Å². The zero-order chi connectivity index (χ0) is 25.9. The van der Waals surface area contributed by atoms with Gasteiger partial charge in [-0.25, -0.2) is 0 Å². The molecule has 0 aliphatic carbocycles. The van der Waals surface area contributed by atoms with E-state index in [0.29, 0.717) is 0 Å². The average molecular weight is 499 g/mol. The van der Waals surface area contributed by atoms with Gasteiger partial charge in [0.1, 0.15) is 23.9 Å². The molecule has 1 aliphatic rings. The van der Waals surface area contributed by atoms with Crippen LogP contribution in [0.25, 0.3) is 0 Å². The van der Waals surface area contributed by atoms with E-state index in [-0.39, 0.29) is 12.2 Å². The van der Waals surface area contributed by atoms with Crippen LogP contribution in [-0.2, 0) is 15.1 Å². The largest absolute Gasteiger partial charge is 0.387 e. The lowest BCUT2D eigenvalue weighted by atomic mass is 9.79. The Kier molecular flexibility index (Phi) is 10.1. The van der Waals surface area contributed by atoms with Gasteiger partial charge in [0.2, 0.25) is 0 Å². The molecule has 1 saturated heterocycles. The van der Waals surface area contributed by atoms with E-state index >= 15 is 0 Å². The van der Waals surface area contributed by atoms with Gasteiger partial charge in [-0.05, 0) is 23.1 Å². The van der Waals surface area contributed by atoms with Crippen molar-refractivity contribution in [1.29, 1.82) is 0 Å². The molecule has 1 aliphatic heterocycles. The molecule has 0 saturated carbocycles. The summed E-state index contributed by atoms with van der Waals surface area (Å²) in [7, 11) is 0. The van der Waals surface area contributed by atoms with Crippen molar-refractivity contribution in [3.8, 4) is 0 Å². The van der Waals surface area contributed by atoms with Gasteiger partial charge in [-0.15, -0.1) is 6.58 Å². The molecule has 1 fully saturated rings. The summed E-state index contributed by atoms with van der Waals surface area (Å²) < 4.78 is 13.0. The van der Waals surface area contributed by atoms with Crippen LogP contribution in [-0.4, -0.2) is 29.5 Å². The molecule has 0 amide bonds. The summed E-state index contributed by atoms with van der Waals surface area (Å²) in [5.74, 6) is 0. The number of aliphatic hydroxyl groups is 1. The van der Waals surface area contributed by atoms with E-state index in [4.69, 9.17) is 9.47 Å². The van der Waals surface area contributed by atoms with E-state index in [2.05, 4.69) is 49.9 Å². The molecule has 1 heterocycles. The van der Waals surface area contributed by atoms with Gasteiger partial charge >= 0.3 is 0 Å². The molecule has 0 bridgehead atoms. The Labute approximate surface area is 223 Å². The van der Waals surface area contributed by atoms with Gasteiger partial charge in [-0.3, -0.25) is 0 Å². The quantitative estimate of drug-likeness (QED) is 0.0947. The smallest absolute Gasteiger partial charge is 0.144 e. The lowest BCUT2D eigenvalue weighted by Gasteiger charge is -2.39. The first kappa shape index (κ1) is 27.3. The maximum absolute atomic E-state index is 11.4. The van der Waals surface area contributed by atoms with Crippen molar-refractivity contribution >= 4 is 0 Å². The summed E-state index contributed by atoms with van der Waals surface area (Å²) in [5, 5.41) is 11.4. The van der Waals surface area contributed by atoms with E-state index in [9.17, 15) is 5.11 Å². The summed E-state index contributed by atoms with van der Waals surface area (Å²) in [6, 6.07) is 30.7. The van der Waals surface area contributed by atoms with E-state index in [1.54, 1.807) is 6.08 Å². The van der Waals surface area contributed by atoms with Crippen molar-refractivity contribution in [2.24, 2.45) is 0 Å². The number of benzene rings is 3. The maximum atomic E-state index is 11.4. The first-order chi connectivity index (χ1) is 18.2. The molecule has 4 atom stereocenters. The predicted molar refractivity (Wildman–Crippen MR) is 152 cm³/mol. The third-order valence-corrected chi connectivity index (χ3v) is 7.47. The lowest BCUT2D eigenvalue weighted by Crippen LogP contribution is -2.42. The van der Waals surface area contributed by atoms with Crippen LogP contribution in [0.4, 0.5) is 0 Å². The second-order valence-electron chi connectivity index (χ2n) is 10.1. The highest BCUT2D eigenvalue weighted by molar-refractivity contribution is 5.47. The fraction of sp³-hybridized carbons (Fsp3) is 0.412. The van der Waals surface area contributed by atoms with Gasteiger partial charge in [0.25, 0.3) is 0 Å². The Morgan fingerprint density at radius 2 is 1.24 bits per heavy atom. The Bertz CT molecular complexity index is 954. The Hall–Kier alpha value is -2.72. The third kappa shape index (κ3) is 6.78. The number of epoxide rings is 1. The van der Waals surface area contributed by atoms with E-state index in [0.717, 1.165) is 29.5 Å². The molecule has 37 heavy (non-hydrogen) atoms. The van der Waals surface area contributed by atoms with Crippen molar-refractivity contribution in [1.82, 2.24) is 0 Å². The minimum absolute atomic E-state index is 0.0938. The van der Waals surface area contributed by atoms with Crippen molar-refractivity contribution < 1.29 is 14.6 Å². The van der Waals surface area contributed by atoms with Crippen molar-refractivity contribution in [3.63, 3.8) is 0 Å². The van der Waals surface area contributed by atoms with Gasteiger partial charge in [0.05, 0.1) is 6.10 Å². The van der Waals surface area contributed by atoms with Gasteiger partial charge in [-0.2, -0.15) is 0 Å². The lowest BCUT2D eigenvalue weighted by molar-refractivity contribution is -0.0850. The summed E-state index contributed by atoms with van der Waals surface area (Å²) in [4.78, 5) is 0. The Balaban J connectivity index is 1.52. The molecule has 0 spiro atoms. The van der Waals surface area contributed by atoms with E-state index in [1.165, 1.54) is 38.5 Å². The minimum atomic E-state index is -0.910. The van der Waals surface area contributed by atoms with Crippen molar-refractivity contribution in [2.75, 3.05) is 0 Å². The highest BCUT2D eigenvalue weighted by Gasteiger charge is 2.49. The predicted octanol–water partition coefficient (Wildman–Crippen LogP) is 7.82. The fourth-order valence-electron chi connectivity index (χ4n) is 5.36. The molecule has 0 unspecified atom stereocenters. The normalized spacial score (nSPS) is 18.8. The van der Waals surface area contributed by atoms with Gasteiger partial charge < -0.3 is 14.6 Å². The molecule has 3 heteroatoms. The average Bonchev–Trinajstić information content (AvgIpc) is 3.74. The molecule has 3 aromatic carbocycles. The summed E-state index contributed by atoms with van der Waals surface area (Å²) >= 11 is 0. The van der Waals surface area contributed by atoms with Crippen LogP contribution in [0.2, 0.25) is 0 Å². The Morgan fingerprint density at radius 1 is 0.784 bits per heavy atom. The summed E-state index contributed by atoms with van der Waals surface area (Å²) in [6.07, 6.45) is 10.1. The molecular weight excluding hydrogens is 456 g/mol. The van der Waals surface area contributed by atoms with Crippen LogP contribution in [0.5, 0.6) is 0 Å². The number of aliphatic hydroxyl groups excluding tert-OH is 1. The van der Waals surface area contributed by atoms with Crippen molar-refractivity contribution in [2.45, 2.75) is 88.3 Å². The number of rotatable bonds is 16. The molecule has 1 N–H and O–H groups in total. The highest BCUT2D eigenvalue weighted by Crippen LogP contribution is 2.43. The first-order valence-electron chi connectivity index (χ1n) is 14.0. The number of hydrogen-bond acceptors (Lipinski definition) is 3. The maximum Gasteiger partial charge on any atom is 0.144 e. The van der Waals surface area contributed by atoms with E-state index < -0.39 is 17.8 Å². The van der Waals surface area contributed by atoms with Crippen LogP contribution >= 0.6 is 0 Å². The van der Waals surface area contributed by atoms with Crippen LogP contribution in [0, 0.1) is 0 Å². The highest BCUT2D eigenvalue weighted by atomic mass is 16.6. The number of hydrogen-bond donors (Lipinski definition) is 1. The molecule has 3 aromatic rings. The zero-order valence-electron chi connectivity index (χ0n) is 22.2. The summed E-state index contributed by atoms with van der Waals surface area (Å²) in [6.45, 7) is 6.30. The second-order valence-corrected chi connectivity index (χ2v) is 10.1. The first-order valence-corrected chi connectivity index (χ1v) is 14.0. The third-order valence-electron chi connectivity index (χ3n) is 7.47. The minimum Gasteiger partial charge on any atom is -0.387 e. The monoisotopic (exact) mass is 498 g/mol. The number of unbranched alkanes of at least 4 members (excludes halogenated alkanes) is 6. The van der Waals surface area contributed by atoms with Crippen LogP contribution in [0.1, 0.15) is 75.0 Å². The van der Waals surface area contributed by atoms with E-state index in [1.807, 2.05) is 54.6 Å². The van der Waals surface area contributed by atoms with Gasteiger partial charge in [0, 0.05) is 0 Å². The second kappa shape index (κ2) is 13.7. The molecular formula is C34H42O3. The molecule has 0 radical (unpaired) electrons. The zero-order valence-corrected chi connectivity index (χ0v) is 22.2. The van der Waals surface area contributed by atoms with Crippen LogP contribution in [0.15, 0.2) is 104 Å². The molecule has 4 rings (SSSR count). The molecule has 196 valence electrons.